The third-order valence-electron chi connectivity index (χ3n) is 6.37. The molecule has 2 rings (SSSR count). The molecule has 1 atom stereocenters. The first-order chi connectivity index (χ1) is 21.3. The fraction of sp³-hybridized carbons (Fsp3) is 0.700. The molecule has 262 valence electrons. The summed E-state index contributed by atoms with van der Waals surface area (Å²) in [6, 6.07) is 5.35. The van der Waals surface area contributed by atoms with Crippen LogP contribution in [-0.4, -0.2) is 108 Å². The lowest BCUT2D eigenvalue weighted by Gasteiger charge is -2.33. The topological polar surface area (TPSA) is 151 Å². The Hall–Kier alpha value is -3.50. The van der Waals surface area contributed by atoms with Gasteiger partial charge in [0, 0.05) is 46.3 Å². The van der Waals surface area contributed by atoms with Gasteiger partial charge in [0.15, 0.2) is 5.96 Å². The van der Waals surface area contributed by atoms with Gasteiger partial charge < -0.3 is 44.2 Å². The van der Waals surface area contributed by atoms with E-state index < -0.39 is 35.8 Å². The minimum Gasteiger partial charge on any atom is -0.491 e. The van der Waals surface area contributed by atoms with Crippen LogP contribution in [0.25, 0.3) is 0 Å². The average molecular weight is 663 g/mol. The molecule has 4 N–H and O–H groups in total. The molecule has 1 unspecified atom stereocenters. The molecule has 1 aromatic carbocycles. The highest BCUT2D eigenvalue weighted by Crippen LogP contribution is 2.29. The normalized spacial score (nSPS) is 14.4. The van der Waals surface area contributed by atoms with E-state index in [-0.39, 0.29) is 58.4 Å². The highest BCUT2D eigenvalue weighted by Gasteiger charge is 2.40. The van der Waals surface area contributed by atoms with Gasteiger partial charge in [0.05, 0.1) is 0 Å². The van der Waals surface area contributed by atoms with Crippen LogP contribution in [0.15, 0.2) is 23.2 Å². The van der Waals surface area contributed by atoms with Crippen molar-refractivity contribution in [1.82, 2.24) is 20.0 Å². The Morgan fingerprint density at radius 2 is 1.63 bits per heavy atom. The fourth-order valence-corrected chi connectivity index (χ4v) is 4.37. The maximum atomic E-state index is 13.6. The Kier molecular flexibility index (Phi) is 14.2. The smallest absolute Gasteiger partial charge is 0.435 e. The van der Waals surface area contributed by atoms with E-state index in [9.17, 15) is 27.9 Å². The highest BCUT2D eigenvalue weighted by atomic mass is 19.4. The van der Waals surface area contributed by atoms with Crippen LogP contribution >= 0.6 is 0 Å². The number of guanidine groups is 1. The van der Waals surface area contributed by atoms with E-state index in [0.29, 0.717) is 18.6 Å². The monoisotopic (exact) mass is 662 g/mol. The van der Waals surface area contributed by atoms with Gasteiger partial charge in [-0.15, -0.1) is 0 Å². The number of ether oxygens (including phenoxy) is 3. The quantitative estimate of drug-likeness (QED) is 0.122. The minimum absolute atomic E-state index is 0.0720. The number of carbonyl (C=O) groups excluding carboxylic acids is 2. The number of nitrogens with zero attached hydrogens (tertiary/aromatic N) is 4. The highest BCUT2D eigenvalue weighted by molar-refractivity contribution is 5.81. The summed E-state index contributed by atoms with van der Waals surface area (Å²) in [5.74, 6) is 5.52. The molecule has 1 heterocycles. The number of nitrogens with two attached hydrogens (primary N) is 1. The molecular weight excluding hydrogens is 613 g/mol. The standard InChI is InChI=1S/C30H49F3N6O7/c1-28(2,3)45-26(41)35-12-8-14-38(15-9-13-37(7)27(42)46-29(4,5)6)25(36-24(40)30(31,32)33)39-19-21-10-11-23(18-22(21)20-39)43-16-17-44-34/h10-11,18,24,40H,8-9,12-17,19-20,34H2,1-7H3,(H,35,41). The number of halogens is 3. The number of hydrogen-bond donors (Lipinski definition) is 3. The molecule has 1 aliphatic heterocycles. The Morgan fingerprint density at radius 1 is 1.00 bits per heavy atom. The number of aliphatic imine (C=N–C) groups is 1. The number of amides is 2. The fourth-order valence-electron chi connectivity index (χ4n) is 4.37. The lowest BCUT2D eigenvalue weighted by molar-refractivity contribution is -0.201. The Labute approximate surface area is 268 Å². The zero-order valence-electron chi connectivity index (χ0n) is 27.8. The van der Waals surface area contributed by atoms with E-state index >= 15 is 0 Å². The van der Waals surface area contributed by atoms with E-state index in [0.717, 1.165) is 11.1 Å². The van der Waals surface area contributed by atoms with Gasteiger partial charge in [-0.1, -0.05) is 6.07 Å². The zero-order valence-corrected chi connectivity index (χ0v) is 27.8. The van der Waals surface area contributed by atoms with Gasteiger partial charge in [-0.3, -0.25) is 0 Å². The Balaban J connectivity index is 2.29. The van der Waals surface area contributed by atoms with Crippen molar-refractivity contribution in [3.05, 3.63) is 29.3 Å². The lowest BCUT2D eigenvalue weighted by Crippen LogP contribution is -2.46. The number of rotatable bonds is 13. The molecule has 13 nitrogen and oxygen atoms in total. The molecule has 0 radical (unpaired) electrons. The molecule has 2 amide bonds. The minimum atomic E-state index is -5.00. The molecule has 16 heteroatoms. The molecule has 1 aromatic rings. The van der Waals surface area contributed by atoms with Crippen molar-refractivity contribution in [3.63, 3.8) is 0 Å². The maximum absolute atomic E-state index is 13.6. The van der Waals surface area contributed by atoms with Crippen molar-refractivity contribution in [2.24, 2.45) is 10.9 Å². The third kappa shape index (κ3) is 13.9. The molecule has 0 spiro atoms. The molecule has 46 heavy (non-hydrogen) atoms. The second-order valence-electron chi connectivity index (χ2n) is 12.9. The first-order valence-corrected chi connectivity index (χ1v) is 15.1. The van der Waals surface area contributed by atoms with Gasteiger partial charge in [0.2, 0.25) is 6.23 Å². The molecule has 0 saturated carbocycles. The van der Waals surface area contributed by atoms with Crippen LogP contribution in [0, 0.1) is 0 Å². The molecule has 0 saturated heterocycles. The van der Waals surface area contributed by atoms with Crippen molar-refractivity contribution in [2.45, 2.75) is 91.1 Å². The van der Waals surface area contributed by atoms with E-state index in [1.807, 2.05) is 6.07 Å². The molecule has 0 aliphatic carbocycles. The SMILES string of the molecule is CN(CCCN(CCCNC(=O)OC(C)(C)C)C(=NC(O)C(F)(F)F)N1Cc2ccc(OCCON)cc2C1)C(=O)OC(C)(C)C. The third-order valence-corrected chi connectivity index (χ3v) is 6.37. The van der Waals surface area contributed by atoms with Crippen LogP contribution in [0.4, 0.5) is 22.8 Å². The number of aliphatic hydroxyl groups excluding tert-OH is 1. The van der Waals surface area contributed by atoms with E-state index in [1.54, 1.807) is 70.5 Å². The number of nitrogens with one attached hydrogen (secondary N) is 1. The summed E-state index contributed by atoms with van der Waals surface area (Å²) in [4.78, 5) is 37.5. The zero-order chi connectivity index (χ0) is 34.7. The van der Waals surface area contributed by atoms with Crippen LogP contribution in [0.2, 0.25) is 0 Å². The van der Waals surface area contributed by atoms with Crippen molar-refractivity contribution >= 4 is 18.1 Å². The van der Waals surface area contributed by atoms with Crippen LogP contribution in [0.3, 0.4) is 0 Å². The molecule has 0 bridgehead atoms. The molecule has 0 aromatic heterocycles. The second-order valence-corrected chi connectivity index (χ2v) is 12.9. The van der Waals surface area contributed by atoms with Crippen molar-refractivity contribution in [1.29, 1.82) is 0 Å². The average Bonchev–Trinajstić information content (AvgIpc) is 3.33. The summed E-state index contributed by atoms with van der Waals surface area (Å²) in [5.41, 5.74) is 0.280. The lowest BCUT2D eigenvalue weighted by atomic mass is 10.1. The van der Waals surface area contributed by atoms with Gasteiger partial charge in [-0.25, -0.2) is 20.5 Å². The van der Waals surface area contributed by atoms with Crippen molar-refractivity contribution < 1.29 is 46.9 Å². The van der Waals surface area contributed by atoms with Gasteiger partial charge >= 0.3 is 18.4 Å². The number of aliphatic hydroxyl groups is 1. The summed E-state index contributed by atoms with van der Waals surface area (Å²) < 4.78 is 57.0. The second kappa shape index (κ2) is 16.9. The van der Waals surface area contributed by atoms with E-state index in [2.05, 4.69) is 15.1 Å². The van der Waals surface area contributed by atoms with Crippen LogP contribution in [-0.2, 0) is 27.4 Å². The number of hydrogen-bond acceptors (Lipinski definition) is 9. The number of alkyl carbamates (subject to hydrolysis) is 1. The van der Waals surface area contributed by atoms with Gasteiger partial charge in [-0.2, -0.15) is 13.2 Å². The molecular formula is C30H49F3N6O7. The predicted molar refractivity (Wildman–Crippen MR) is 165 cm³/mol. The summed E-state index contributed by atoms with van der Waals surface area (Å²) in [6.07, 6.45) is -8.44. The van der Waals surface area contributed by atoms with Crippen LogP contribution < -0.4 is 16.0 Å². The summed E-state index contributed by atoms with van der Waals surface area (Å²) >= 11 is 0. The van der Waals surface area contributed by atoms with Gasteiger partial charge in [0.1, 0.15) is 30.2 Å². The van der Waals surface area contributed by atoms with Crippen molar-refractivity contribution in [3.8, 4) is 5.75 Å². The first-order valence-electron chi connectivity index (χ1n) is 15.1. The Morgan fingerprint density at radius 3 is 2.24 bits per heavy atom. The maximum Gasteiger partial charge on any atom is 0.435 e. The predicted octanol–water partition coefficient (Wildman–Crippen LogP) is 3.98. The summed E-state index contributed by atoms with van der Waals surface area (Å²) in [7, 11) is 1.57. The van der Waals surface area contributed by atoms with Crippen LogP contribution in [0.1, 0.15) is 65.5 Å². The van der Waals surface area contributed by atoms with E-state index in [1.165, 1.54) is 4.90 Å². The summed E-state index contributed by atoms with van der Waals surface area (Å²) in [6.45, 7) is 12.0. The number of fused-ring (bicyclic) bond motifs is 1. The first kappa shape index (κ1) is 38.7. The van der Waals surface area contributed by atoms with Crippen LogP contribution in [0.5, 0.6) is 5.75 Å². The molecule has 1 aliphatic rings. The number of alkyl halides is 3. The van der Waals surface area contributed by atoms with Gasteiger partial charge in [-0.05, 0) is 77.6 Å². The number of carbonyl (C=O) groups is 2. The molecule has 0 fully saturated rings. The van der Waals surface area contributed by atoms with Gasteiger partial charge in [0.25, 0.3) is 0 Å². The Bertz CT molecular complexity index is 1170. The number of benzene rings is 1. The van der Waals surface area contributed by atoms with E-state index in [4.69, 9.17) is 20.1 Å². The summed E-state index contributed by atoms with van der Waals surface area (Å²) in [5, 5.41) is 12.7. The van der Waals surface area contributed by atoms with Crippen molar-refractivity contribution in [2.75, 3.05) is 46.4 Å². The largest absolute Gasteiger partial charge is 0.491 e.